The van der Waals surface area contributed by atoms with E-state index in [-0.39, 0.29) is 24.2 Å². The predicted octanol–water partition coefficient (Wildman–Crippen LogP) is 5.01. The Morgan fingerprint density at radius 1 is 1.07 bits per heavy atom. The van der Waals surface area contributed by atoms with E-state index in [1.807, 2.05) is 39.0 Å². The predicted molar refractivity (Wildman–Crippen MR) is 110 cm³/mol. The molecule has 0 atom stereocenters. The van der Waals surface area contributed by atoms with E-state index in [4.69, 9.17) is 19.0 Å². The zero-order valence-electron chi connectivity index (χ0n) is 16.8. The van der Waals surface area contributed by atoms with Crippen molar-refractivity contribution in [1.29, 1.82) is 0 Å². The molecule has 2 aromatic carbocycles. The normalized spacial score (nSPS) is 10.9. The maximum Gasteiger partial charge on any atom is 0.303 e. The third-order valence-electron chi connectivity index (χ3n) is 4.43. The monoisotopic (exact) mass is 396 g/mol. The second kappa shape index (κ2) is 8.82. The topological polar surface area (TPSA) is 86.0 Å². The largest absolute Gasteiger partial charge is 0.493 e. The quantitative estimate of drug-likeness (QED) is 0.539. The van der Waals surface area contributed by atoms with Gasteiger partial charge in [-0.3, -0.25) is 9.59 Å². The third kappa shape index (κ3) is 4.96. The number of aryl methyl sites for hydroxylation is 3. The molecule has 0 bridgehead atoms. The van der Waals surface area contributed by atoms with Crippen LogP contribution in [-0.4, -0.2) is 17.7 Å². The molecule has 6 nitrogen and oxygen atoms in total. The highest BCUT2D eigenvalue weighted by atomic mass is 16.5. The van der Waals surface area contributed by atoms with E-state index in [0.29, 0.717) is 41.1 Å². The molecule has 0 aliphatic heterocycles. The summed E-state index contributed by atoms with van der Waals surface area (Å²) in [6, 6.07) is 10.8. The van der Waals surface area contributed by atoms with E-state index in [1.54, 1.807) is 18.2 Å². The molecule has 3 rings (SSSR count). The highest BCUT2D eigenvalue weighted by Crippen LogP contribution is 2.29. The highest BCUT2D eigenvalue weighted by Gasteiger charge is 2.16. The maximum absolute atomic E-state index is 13.0. The highest BCUT2D eigenvalue weighted by molar-refractivity contribution is 5.79. The Bertz CT molecular complexity index is 1080. The van der Waals surface area contributed by atoms with Crippen molar-refractivity contribution in [3.63, 3.8) is 0 Å². The summed E-state index contributed by atoms with van der Waals surface area (Å²) in [5, 5.41) is 9.09. The molecule has 0 aliphatic rings. The molecular formula is C23H24O6. The van der Waals surface area contributed by atoms with Gasteiger partial charge in [0.1, 0.15) is 17.1 Å². The Morgan fingerprint density at radius 2 is 1.79 bits per heavy atom. The number of aliphatic carboxylic acids is 1. The lowest BCUT2D eigenvalue weighted by atomic mass is 10.1. The lowest BCUT2D eigenvalue weighted by Crippen LogP contribution is -2.09. The Morgan fingerprint density at radius 3 is 2.45 bits per heavy atom. The number of benzene rings is 2. The van der Waals surface area contributed by atoms with Gasteiger partial charge in [0.2, 0.25) is 11.2 Å². The third-order valence-corrected chi connectivity index (χ3v) is 4.43. The Labute approximate surface area is 168 Å². The molecule has 3 aromatic rings. The van der Waals surface area contributed by atoms with E-state index < -0.39 is 5.97 Å². The van der Waals surface area contributed by atoms with E-state index in [0.717, 1.165) is 11.1 Å². The van der Waals surface area contributed by atoms with Gasteiger partial charge in [0, 0.05) is 18.9 Å². The van der Waals surface area contributed by atoms with Gasteiger partial charge in [0.05, 0.1) is 12.0 Å². The molecule has 1 aromatic heterocycles. The van der Waals surface area contributed by atoms with Crippen molar-refractivity contribution in [3.05, 3.63) is 63.5 Å². The fourth-order valence-electron chi connectivity index (χ4n) is 3.15. The van der Waals surface area contributed by atoms with Crippen LogP contribution >= 0.6 is 0 Å². The second-order valence-electron chi connectivity index (χ2n) is 6.97. The summed E-state index contributed by atoms with van der Waals surface area (Å²) in [5.41, 5.74) is 2.27. The van der Waals surface area contributed by atoms with Gasteiger partial charge in [-0.05, 0) is 55.7 Å². The Balaban J connectivity index is 1.91. The van der Waals surface area contributed by atoms with Crippen LogP contribution in [-0.2, 0) is 11.2 Å². The standard InChI is InChI=1S/C23H24O6/c1-4-19-23(28-17-11-14(2)10-15(3)12-17)22(26)18-8-7-16(13-20(18)29-19)27-9-5-6-21(24)25/h7-8,10-13H,4-6,9H2,1-3H3,(H,24,25). The van der Waals surface area contributed by atoms with Crippen LogP contribution in [0.25, 0.3) is 11.0 Å². The molecule has 0 saturated heterocycles. The SMILES string of the molecule is CCc1oc2cc(OCCCC(=O)O)ccc2c(=O)c1Oc1cc(C)cc(C)c1. The van der Waals surface area contributed by atoms with E-state index in [9.17, 15) is 9.59 Å². The van der Waals surface area contributed by atoms with Crippen molar-refractivity contribution in [2.45, 2.75) is 40.0 Å². The van der Waals surface area contributed by atoms with Crippen molar-refractivity contribution in [2.24, 2.45) is 0 Å². The number of hydrogen-bond donors (Lipinski definition) is 1. The van der Waals surface area contributed by atoms with Gasteiger partial charge in [0.15, 0.2) is 5.76 Å². The van der Waals surface area contributed by atoms with E-state index in [2.05, 4.69) is 0 Å². The fraction of sp³-hybridized carbons (Fsp3) is 0.304. The summed E-state index contributed by atoms with van der Waals surface area (Å²) in [6.45, 7) is 6.12. The summed E-state index contributed by atoms with van der Waals surface area (Å²) in [7, 11) is 0. The molecule has 0 radical (unpaired) electrons. The van der Waals surface area contributed by atoms with Gasteiger partial charge >= 0.3 is 5.97 Å². The average molecular weight is 396 g/mol. The zero-order valence-corrected chi connectivity index (χ0v) is 16.8. The number of rotatable bonds is 8. The summed E-state index contributed by atoms with van der Waals surface area (Å²) in [6.07, 6.45) is 0.941. The van der Waals surface area contributed by atoms with Crippen LogP contribution in [0.4, 0.5) is 0 Å². The van der Waals surface area contributed by atoms with Crippen molar-refractivity contribution < 1.29 is 23.8 Å². The Kier molecular flexibility index (Phi) is 6.22. The Hall–Kier alpha value is -3.28. The van der Waals surface area contributed by atoms with Gasteiger partial charge in [-0.2, -0.15) is 0 Å². The molecule has 0 spiro atoms. The van der Waals surface area contributed by atoms with Crippen LogP contribution in [0.5, 0.6) is 17.2 Å². The van der Waals surface area contributed by atoms with Gasteiger partial charge in [-0.15, -0.1) is 0 Å². The van der Waals surface area contributed by atoms with E-state index >= 15 is 0 Å². The number of fused-ring (bicyclic) bond motifs is 1. The lowest BCUT2D eigenvalue weighted by molar-refractivity contribution is -0.137. The van der Waals surface area contributed by atoms with Crippen molar-refractivity contribution in [2.75, 3.05) is 6.61 Å². The number of carbonyl (C=O) groups is 1. The summed E-state index contributed by atoms with van der Waals surface area (Å²) >= 11 is 0. The molecule has 6 heteroatoms. The minimum absolute atomic E-state index is 0.0434. The van der Waals surface area contributed by atoms with E-state index in [1.165, 1.54) is 0 Å². The molecule has 0 aliphatic carbocycles. The zero-order chi connectivity index (χ0) is 21.0. The minimum Gasteiger partial charge on any atom is -0.493 e. The molecule has 29 heavy (non-hydrogen) atoms. The van der Waals surface area contributed by atoms with Crippen LogP contribution in [0.3, 0.4) is 0 Å². The van der Waals surface area contributed by atoms with Crippen LogP contribution in [0.15, 0.2) is 45.6 Å². The smallest absolute Gasteiger partial charge is 0.303 e. The molecular weight excluding hydrogens is 372 g/mol. The second-order valence-corrected chi connectivity index (χ2v) is 6.97. The molecule has 1 N–H and O–H groups in total. The molecule has 0 amide bonds. The molecule has 0 fully saturated rings. The van der Waals surface area contributed by atoms with Gasteiger partial charge in [-0.1, -0.05) is 13.0 Å². The van der Waals surface area contributed by atoms with Gasteiger partial charge < -0.3 is 19.0 Å². The van der Waals surface area contributed by atoms with Crippen LogP contribution in [0, 0.1) is 13.8 Å². The van der Waals surface area contributed by atoms with Crippen molar-refractivity contribution in [3.8, 4) is 17.2 Å². The van der Waals surface area contributed by atoms with Crippen LogP contribution < -0.4 is 14.9 Å². The first-order valence-corrected chi connectivity index (χ1v) is 9.58. The van der Waals surface area contributed by atoms with Gasteiger partial charge in [0.25, 0.3) is 0 Å². The molecule has 0 saturated carbocycles. The summed E-state index contributed by atoms with van der Waals surface area (Å²) < 4.78 is 17.5. The summed E-state index contributed by atoms with van der Waals surface area (Å²) in [5.74, 6) is 0.921. The number of carboxylic acid groups (broad SMARTS) is 1. The lowest BCUT2D eigenvalue weighted by Gasteiger charge is -2.12. The number of carboxylic acids is 1. The first-order valence-electron chi connectivity index (χ1n) is 9.58. The first-order chi connectivity index (χ1) is 13.9. The average Bonchev–Trinajstić information content (AvgIpc) is 2.66. The maximum atomic E-state index is 13.0. The molecule has 1 heterocycles. The number of hydrogen-bond acceptors (Lipinski definition) is 5. The number of ether oxygens (including phenoxy) is 2. The van der Waals surface area contributed by atoms with Crippen molar-refractivity contribution in [1.82, 2.24) is 0 Å². The van der Waals surface area contributed by atoms with Crippen LogP contribution in [0.1, 0.15) is 36.7 Å². The van der Waals surface area contributed by atoms with Crippen molar-refractivity contribution >= 4 is 16.9 Å². The van der Waals surface area contributed by atoms with Gasteiger partial charge in [-0.25, -0.2) is 0 Å². The molecule has 0 unspecified atom stereocenters. The fourth-order valence-corrected chi connectivity index (χ4v) is 3.15. The minimum atomic E-state index is -0.859. The summed E-state index contributed by atoms with van der Waals surface area (Å²) in [4.78, 5) is 23.6. The van der Waals surface area contributed by atoms with Crippen LogP contribution in [0.2, 0.25) is 0 Å². The molecule has 152 valence electrons. The first kappa shape index (κ1) is 20.5.